The molecule has 6 nitrogen and oxygen atoms in total. The Hall–Kier alpha value is -1.67. The van der Waals surface area contributed by atoms with Crippen LogP contribution in [-0.2, 0) is 17.5 Å². The first-order valence-electron chi connectivity index (χ1n) is 2.96. The number of hydrogen-bond acceptors (Lipinski definition) is 4. The van der Waals surface area contributed by atoms with Crippen molar-refractivity contribution in [2.45, 2.75) is 12.7 Å². The molecule has 0 amide bonds. The number of hydrogen-bond donors (Lipinski definition) is 1. The molecule has 0 bridgehead atoms. The van der Waals surface area contributed by atoms with Gasteiger partial charge in [-0.05, 0) is 10.4 Å². The largest absolute Gasteiger partial charge is 0.480 e. The van der Waals surface area contributed by atoms with Crippen LogP contribution in [0.5, 0.6) is 0 Å². The third kappa shape index (κ3) is 2.13. The Kier molecular flexibility index (Phi) is 2.17. The molecule has 0 aliphatic rings. The molecule has 1 N–H and O–H groups in total. The van der Waals surface area contributed by atoms with Gasteiger partial charge in [-0.1, -0.05) is 0 Å². The molecule has 0 aliphatic carbocycles. The summed E-state index contributed by atoms with van der Waals surface area (Å²) in [5, 5.41) is 16.4. The van der Waals surface area contributed by atoms with E-state index < -0.39 is 24.5 Å². The van der Waals surface area contributed by atoms with Gasteiger partial charge >= 0.3 is 12.1 Å². The number of rotatable bonds is 2. The lowest BCUT2D eigenvalue weighted by Gasteiger charge is -2.03. The van der Waals surface area contributed by atoms with Crippen LogP contribution in [0.3, 0.4) is 0 Å². The van der Waals surface area contributed by atoms with E-state index in [9.17, 15) is 18.0 Å². The van der Waals surface area contributed by atoms with E-state index in [1.165, 1.54) is 0 Å². The predicted octanol–water partition coefficient (Wildman–Crippen LogP) is -0.223. The van der Waals surface area contributed by atoms with E-state index in [0.29, 0.717) is 0 Å². The zero-order chi connectivity index (χ0) is 10.1. The van der Waals surface area contributed by atoms with E-state index in [1.54, 1.807) is 0 Å². The molecule has 1 heterocycles. The summed E-state index contributed by atoms with van der Waals surface area (Å²) in [5.74, 6) is -2.87. The highest BCUT2D eigenvalue weighted by Crippen LogP contribution is 2.26. The molecule has 13 heavy (non-hydrogen) atoms. The molecule has 1 aromatic heterocycles. The fourth-order valence-electron chi connectivity index (χ4n) is 0.642. The lowest BCUT2D eigenvalue weighted by atomic mass is 10.5. The standard InChI is InChI=1S/C4H3F3N4O2/c5-4(6,7)3-8-9-10-11(3)1-2(12)13/h1H2,(H,12,13). The first-order chi connectivity index (χ1) is 5.91. The summed E-state index contributed by atoms with van der Waals surface area (Å²) in [4.78, 5) is 10.1. The van der Waals surface area contributed by atoms with Gasteiger partial charge in [0.1, 0.15) is 6.54 Å². The van der Waals surface area contributed by atoms with Crippen molar-refractivity contribution in [2.75, 3.05) is 0 Å². The minimum absolute atomic E-state index is 0.169. The van der Waals surface area contributed by atoms with Crippen LogP contribution in [0.4, 0.5) is 13.2 Å². The molecule has 0 aromatic carbocycles. The van der Waals surface area contributed by atoms with Gasteiger partial charge in [0.15, 0.2) is 0 Å². The lowest BCUT2D eigenvalue weighted by molar-refractivity contribution is -0.150. The van der Waals surface area contributed by atoms with E-state index in [1.807, 2.05) is 0 Å². The third-order valence-corrected chi connectivity index (χ3v) is 1.07. The molecule has 9 heteroatoms. The molecule has 72 valence electrons. The fraction of sp³-hybridized carbons (Fsp3) is 0.500. The van der Waals surface area contributed by atoms with Crippen LogP contribution in [0.2, 0.25) is 0 Å². The van der Waals surface area contributed by atoms with Gasteiger partial charge in [0.25, 0.3) is 5.82 Å². The van der Waals surface area contributed by atoms with E-state index in [4.69, 9.17) is 5.11 Å². The number of tetrazole rings is 1. The summed E-state index contributed by atoms with van der Waals surface area (Å²) in [5.41, 5.74) is 0. The topological polar surface area (TPSA) is 80.9 Å². The highest BCUT2D eigenvalue weighted by atomic mass is 19.4. The Morgan fingerprint density at radius 2 is 2.15 bits per heavy atom. The molecular formula is C4H3F3N4O2. The summed E-state index contributed by atoms with van der Waals surface area (Å²) < 4.78 is 36.1. The van der Waals surface area contributed by atoms with Gasteiger partial charge < -0.3 is 5.11 Å². The smallest absolute Gasteiger partial charge is 0.453 e. The Labute approximate surface area is 69.0 Å². The normalized spacial score (nSPS) is 11.6. The zero-order valence-electron chi connectivity index (χ0n) is 5.99. The Balaban J connectivity index is 2.96. The number of carboxylic acid groups (broad SMARTS) is 1. The molecule has 1 aromatic rings. The average molecular weight is 196 g/mol. The van der Waals surface area contributed by atoms with Crippen LogP contribution in [0, 0.1) is 0 Å². The van der Waals surface area contributed by atoms with Gasteiger partial charge in [-0.2, -0.15) is 13.2 Å². The minimum Gasteiger partial charge on any atom is -0.480 e. The van der Waals surface area contributed by atoms with Crippen molar-refractivity contribution in [3.05, 3.63) is 5.82 Å². The van der Waals surface area contributed by atoms with Crippen molar-refractivity contribution in [3.63, 3.8) is 0 Å². The Morgan fingerprint density at radius 1 is 1.54 bits per heavy atom. The second-order valence-electron chi connectivity index (χ2n) is 2.05. The van der Waals surface area contributed by atoms with Crippen LogP contribution in [-0.4, -0.2) is 31.3 Å². The first-order valence-corrected chi connectivity index (χ1v) is 2.96. The van der Waals surface area contributed by atoms with Gasteiger partial charge in [0.05, 0.1) is 0 Å². The molecule has 0 spiro atoms. The monoisotopic (exact) mass is 196 g/mol. The fourth-order valence-corrected chi connectivity index (χ4v) is 0.642. The number of halogens is 3. The maximum absolute atomic E-state index is 12.0. The van der Waals surface area contributed by atoms with Crippen molar-refractivity contribution >= 4 is 5.97 Å². The van der Waals surface area contributed by atoms with Crippen molar-refractivity contribution < 1.29 is 23.1 Å². The predicted molar refractivity (Wildman–Crippen MR) is 30.5 cm³/mol. The molecule has 0 aliphatic heterocycles. The molecule has 1 rings (SSSR count). The average Bonchev–Trinajstić information content (AvgIpc) is 2.31. The highest BCUT2D eigenvalue weighted by molar-refractivity contribution is 5.66. The van der Waals surface area contributed by atoms with Crippen LogP contribution in [0.1, 0.15) is 5.82 Å². The van der Waals surface area contributed by atoms with E-state index in [2.05, 4.69) is 15.5 Å². The van der Waals surface area contributed by atoms with Gasteiger partial charge in [0.2, 0.25) is 0 Å². The van der Waals surface area contributed by atoms with Crippen molar-refractivity contribution in [1.82, 2.24) is 20.2 Å². The summed E-state index contributed by atoms with van der Waals surface area (Å²) >= 11 is 0. The molecule has 0 unspecified atom stereocenters. The second kappa shape index (κ2) is 2.99. The number of carbonyl (C=O) groups is 1. The van der Waals surface area contributed by atoms with Gasteiger partial charge in [-0.15, -0.1) is 5.10 Å². The van der Waals surface area contributed by atoms with Crippen molar-refractivity contribution in [2.24, 2.45) is 0 Å². The molecule has 0 atom stereocenters. The summed E-state index contributed by atoms with van der Waals surface area (Å²) in [6, 6.07) is 0. The molecular weight excluding hydrogens is 193 g/mol. The van der Waals surface area contributed by atoms with Crippen LogP contribution >= 0.6 is 0 Å². The quantitative estimate of drug-likeness (QED) is 0.706. The lowest BCUT2D eigenvalue weighted by Crippen LogP contribution is -2.19. The van der Waals surface area contributed by atoms with Crippen LogP contribution in [0.15, 0.2) is 0 Å². The molecule has 0 saturated carbocycles. The number of carboxylic acids is 1. The number of nitrogens with zero attached hydrogens (tertiary/aromatic N) is 4. The number of aliphatic carboxylic acids is 1. The van der Waals surface area contributed by atoms with Gasteiger partial charge in [0, 0.05) is 0 Å². The summed E-state index contributed by atoms with van der Waals surface area (Å²) in [6.45, 7) is -0.915. The second-order valence-corrected chi connectivity index (χ2v) is 2.05. The van der Waals surface area contributed by atoms with E-state index >= 15 is 0 Å². The first kappa shape index (κ1) is 9.42. The highest BCUT2D eigenvalue weighted by Gasteiger charge is 2.38. The maximum Gasteiger partial charge on any atom is 0.453 e. The molecule has 0 fully saturated rings. The molecule has 0 saturated heterocycles. The number of alkyl halides is 3. The maximum atomic E-state index is 12.0. The van der Waals surface area contributed by atoms with Crippen LogP contribution in [0.25, 0.3) is 0 Å². The zero-order valence-corrected chi connectivity index (χ0v) is 5.99. The number of aromatic nitrogens is 4. The third-order valence-electron chi connectivity index (χ3n) is 1.07. The van der Waals surface area contributed by atoms with E-state index in [0.717, 1.165) is 0 Å². The van der Waals surface area contributed by atoms with Crippen molar-refractivity contribution in [1.29, 1.82) is 0 Å². The van der Waals surface area contributed by atoms with Crippen molar-refractivity contribution in [3.8, 4) is 0 Å². The summed E-state index contributed by atoms with van der Waals surface area (Å²) in [7, 11) is 0. The Bertz CT molecular complexity index is 319. The van der Waals surface area contributed by atoms with E-state index in [-0.39, 0.29) is 4.68 Å². The minimum atomic E-state index is -4.74. The van der Waals surface area contributed by atoms with Crippen LogP contribution < -0.4 is 0 Å². The SMILES string of the molecule is O=C(O)Cn1nnnc1C(F)(F)F. The molecule has 0 radical (unpaired) electrons. The summed E-state index contributed by atoms with van der Waals surface area (Å²) in [6.07, 6.45) is -4.74. The Morgan fingerprint density at radius 3 is 2.62 bits per heavy atom. The van der Waals surface area contributed by atoms with Gasteiger partial charge in [-0.25, -0.2) is 4.68 Å². The van der Waals surface area contributed by atoms with Gasteiger partial charge in [-0.3, -0.25) is 4.79 Å².